The molecule has 2 rings (SSSR count). The molecule has 1 aromatic heterocycles. The van der Waals surface area contributed by atoms with Crippen molar-refractivity contribution >= 4 is 16.7 Å². The van der Waals surface area contributed by atoms with E-state index in [4.69, 9.17) is 9.84 Å². The molecule has 0 unspecified atom stereocenters. The molecule has 94 valence electrons. The number of nitrogens with zero attached hydrogens (tertiary/aromatic N) is 1. The largest absolute Gasteiger partial charge is 0.497 e. The lowest BCUT2D eigenvalue weighted by Crippen LogP contribution is -1.98. The molecule has 1 heterocycles. The minimum absolute atomic E-state index is 0.169. The molecule has 0 aliphatic heterocycles. The number of rotatable bonds is 5. The van der Waals surface area contributed by atoms with Crippen molar-refractivity contribution in [2.24, 2.45) is 0 Å². The normalized spacial score (nSPS) is 10.5. The van der Waals surface area contributed by atoms with Crippen LogP contribution in [0, 0.1) is 0 Å². The lowest BCUT2D eigenvalue weighted by atomic mass is 10.1. The van der Waals surface area contributed by atoms with Crippen LogP contribution in [0.1, 0.15) is 18.5 Å². The molecule has 0 saturated heterocycles. The van der Waals surface area contributed by atoms with Gasteiger partial charge in [0.25, 0.3) is 0 Å². The van der Waals surface area contributed by atoms with E-state index in [2.05, 4.69) is 4.98 Å². The highest BCUT2D eigenvalue weighted by Crippen LogP contribution is 2.23. The van der Waals surface area contributed by atoms with Crippen LogP contribution in [0.15, 0.2) is 30.5 Å². The molecule has 0 aliphatic carbocycles. The van der Waals surface area contributed by atoms with Crippen molar-refractivity contribution in [3.63, 3.8) is 0 Å². The Morgan fingerprint density at radius 2 is 2.22 bits per heavy atom. The first kappa shape index (κ1) is 12.4. The number of ether oxygens (including phenoxy) is 1. The number of methoxy groups -OCH3 is 1. The van der Waals surface area contributed by atoms with Gasteiger partial charge in [0.05, 0.1) is 7.11 Å². The highest BCUT2D eigenvalue weighted by atomic mass is 16.5. The predicted octanol–water partition coefficient (Wildman–Crippen LogP) is 2.65. The Labute approximate surface area is 105 Å². The molecule has 0 spiro atoms. The molecular weight excluding hydrogens is 230 g/mol. The number of pyridine rings is 1. The highest BCUT2D eigenvalue weighted by Gasteiger charge is 2.05. The quantitative estimate of drug-likeness (QED) is 0.879. The summed E-state index contributed by atoms with van der Waals surface area (Å²) < 4.78 is 5.20. The number of aromatic nitrogens is 1. The molecule has 0 aliphatic rings. The summed E-state index contributed by atoms with van der Waals surface area (Å²) in [7, 11) is 1.63. The van der Waals surface area contributed by atoms with E-state index >= 15 is 0 Å². The molecule has 0 saturated carbocycles. The zero-order chi connectivity index (χ0) is 13.0. The van der Waals surface area contributed by atoms with Crippen LogP contribution in [-0.2, 0) is 11.2 Å². The van der Waals surface area contributed by atoms with Gasteiger partial charge in [-0.3, -0.25) is 9.78 Å². The fourth-order valence-electron chi connectivity index (χ4n) is 1.94. The van der Waals surface area contributed by atoms with Gasteiger partial charge in [-0.25, -0.2) is 0 Å². The van der Waals surface area contributed by atoms with Gasteiger partial charge in [-0.2, -0.15) is 0 Å². The van der Waals surface area contributed by atoms with Crippen LogP contribution in [0.3, 0.4) is 0 Å². The second kappa shape index (κ2) is 5.49. The smallest absolute Gasteiger partial charge is 0.303 e. The van der Waals surface area contributed by atoms with Gasteiger partial charge < -0.3 is 9.84 Å². The summed E-state index contributed by atoms with van der Waals surface area (Å²) in [6, 6.07) is 7.77. The van der Waals surface area contributed by atoms with E-state index in [0.29, 0.717) is 12.8 Å². The Kier molecular flexibility index (Phi) is 3.77. The van der Waals surface area contributed by atoms with Crippen molar-refractivity contribution in [1.29, 1.82) is 0 Å². The van der Waals surface area contributed by atoms with Gasteiger partial charge in [-0.15, -0.1) is 0 Å². The maximum atomic E-state index is 10.5. The Balaban J connectivity index is 2.28. The van der Waals surface area contributed by atoms with Crippen LogP contribution >= 0.6 is 0 Å². The SMILES string of the molecule is COc1ccc2ccnc(CCCC(=O)O)c2c1. The van der Waals surface area contributed by atoms with Crippen molar-refractivity contribution in [3.8, 4) is 5.75 Å². The zero-order valence-corrected chi connectivity index (χ0v) is 10.2. The molecule has 0 bridgehead atoms. The van der Waals surface area contributed by atoms with Gasteiger partial charge in [0.2, 0.25) is 0 Å². The number of carbonyl (C=O) groups is 1. The van der Waals surface area contributed by atoms with Gasteiger partial charge in [0.1, 0.15) is 5.75 Å². The fourth-order valence-corrected chi connectivity index (χ4v) is 1.94. The first-order valence-corrected chi connectivity index (χ1v) is 5.84. The predicted molar refractivity (Wildman–Crippen MR) is 68.9 cm³/mol. The minimum atomic E-state index is -0.771. The molecule has 0 radical (unpaired) electrons. The van der Waals surface area contributed by atoms with E-state index in [0.717, 1.165) is 22.2 Å². The van der Waals surface area contributed by atoms with E-state index < -0.39 is 5.97 Å². The maximum Gasteiger partial charge on any atom is 0.303 e. The van der Waals surface area contributed by atoms with Gasteiger partial charge in [0, 0.05) is 23.7 Å². The van der Waals surface area contributed by atoms with Crippen LogP contribution in [0.25, 0.3) is 10.8 Å². The van der Waals surface area contributed by atoms with Crippen LogP contribution in [0.5, 0.6) is 5.75 Å². The highest BCUT2D eigenvalue weighted by molar-refractivity contribution is 5.85. The minimum Gasteiger partial charge on any atom is -0.497 e. The molecule has 0 atom stereocenters. The summed E-state index contributed by atoms with van der Waals surface area (Å²) in [6.07, 6.45) is 3.18. The molecular formula is C14H15NO3. The Morgan fingerprint density at radius 1 is 1.39 bits per heavy atom. The summed E-state index contributed by atoms with van der Waals surface area (Å²) in [5.74, 6) is 0.0165. The Morgan fingerprint density at radius 3 is 2.94 bits per heavy atom. The number of carboxylic acids is 1. The third-order valence-electron chi connectivity index (χ3n) is 2.86. The van der Waals surface area contributed by atoms with Crippen molar-refractivity contribution in [1.82, 2.24) is 4.98 Å². The molecule has 18 heavy (non-hydrogen) atoms. The lowest BCUT2D eigenvalue weighted by Gasteiger charge is -2.07. The summed E-state index contributed by atoms with van der Waals surface area (Å²) in [5.41, 5.74) is 0.924. The standard InChI is InChI=1S/C14H15NO3/c1-18-11-6-5-10-7-8-15-13(12(10)9-11)3-2-4-14(16)17/h5-9H,2-4H2,1H3,(H,16,17). The fraction of sp³-hybridized carbons (Fsp3) is 0.286. The lowest BCUT2D eigenvalue weighted by molar-refractivity contribution is -0.137. The van der Waals surface area contributed by atoms with Crippen molar-refractivity contribution in [2.45, 2.75) is 19.3 Å². The van der Waals surface area contributed by atoms with E-state index in [9.17, 15) is 4.79 Å². The van der Waals surface area contributed by atoms with Crippen molar-refractivity contribution in [2.75, 3.05) is 7.11 Å². The van der Waals surface area contributed by atoms with Gasteiger partial charge >= 0.3 is 5.97 Å². The van der Waals surface area contributed by atoms with Gasteiger partial charge in [0.15, 0.2) is 0 Å². The van der Waals surface area contributed by atoms with Gasteiger partial charge in [-0.05, 0) is 36.4 Å². The first-order valence-electron chi connectivity index (χ1n) is 5.84. The Bertz CT molecular complexity index is 566. The van der Waals surface area contributed by atoms with Crippen LogP contribution < -0.4 is 4.74 Å². The average Bonchev–Trinajstić information content (AvgIpc) is 2.38. The van der Waals surface area contributed by atoms with Crippen molar-refractivity contribution < 1.29 is 14.6 Å². The molecule has 4 heteroatoms. The number of aryl methyl sites for hydroxylation is 1. The third kappa shape index (κ3) is 2.77. The zero-order valence-electron chi connectivity index (χ0n) is 10.2. The topological polar surface area (TPSA) is 59.4 Å². The summed E-state index contributed by atoms with van der Waals surface area (Å²) in [6.45, 7) is 0. The molecule has 2 aromatic rings. The van der Waals surface area contributed by atoms with E-state index in [1.54, 1.807) is 13.3 Å². The second-order valence-electron chi connectivity index (χ2n) is 4.09. The number of fused-ring (bicyclic) bond motifs is 1. The number of carboxylic acid groups (broad SMARTS) is 1. The molecule has 1 aromatic carbocycles. The third-order valence-corrected chi connectivity index (χ3v) is 2.86. The van der Waals surface area contributed by atoms with Gasteiger partial charge in [-0.1, -0.05) is 6.07 Å². The van der Waals surface area contributed by atoms with Crippen molar-refractivity contribution in [3.05, 3.63) is 36.2 Å². The van der Waals surface area contributed by atoms with Crippen LogP contribution in [-0.4, -0.2) is 23.2 Å². The van der Waals surface area contributed by atoms with E-state index in [-0.39, 0.29) is 6.42 Å². The van der Waals surface area contributed by atoms with E-state index in [1.807, 2.05) is 24.3 Å². The number of hydrogen-bond donors (Lipinski definition) is 1. The van der Waals surface area contributed by atoms with Crippen LogP contribution in [0.2, 0.25) is 0 Å². The molecule has 1 N–H and O–H groups in total. The molecule has 0 amide bonds. The second-order valence-corrected chi connectivity index (χ2v) is 4.09. The number of benzene rings is 1. The van der Waals surface area contributed by atoms with E-state index in [1.165, 1.54) is 0 Å². The summed E-state index contributed by atoms with van der Waals surface area (Å²) in [5, 5.41) is 10.8. The summed E-state index contributed by atoms with van der Waals surface area (Å²) in [4.78, 5) is 14.8. The molecule has 0 fully saturated rings. The molecule has 4 nitrogen and oxygen atoms in total. The summed E-state index contributed by atoms with van der Waals surface area (Å²) >= 11 is 0. The monoisotopic (exact) mass is 245 g/mol. The maximum absolute atomic E-state index is 10.5. The van der Waals surface area contributed by atoms with Crippen LogP contribution in [0.4, 0.5) is 0 Å². The number of hydrogen-bond acceptors (Lipinski definition) is 3. The number of aliphatic carboxylic acids is 1. The Hall–Kier alpha value is -2.10. The first-order chi connectivity index (χ1) is 8.70. The average molecular weight is 245 g/mol.